The smallest absolute Gasteiger partial charge is 0.214 e. The molecule has 0 spiro atoms. The number of rotatable bonds is 12. The SMILES string of the molecule is O=S(=O)(OS(C1CCCCC1)(C1CCCCC1)C1CCCCC1)C(F)(F)C(F)(F)C(F)(F)C(F)(F)C(F)(F)C(F)(F)C(F)(F)C(F)(F)F. The van der Waals surface area contributed by atoms with Crippen molar-refractivity contribution in [3.8, 4) is 0 Å². The summed E-state index contributed by atoms with van der Waals surface area (Å²) in [7, 11) is -11.2. The molecule has 3 saturated carbocycles. The molecule has 3 rings (SSSR count). The first kappa shape index (κ1) is 41.5. The van der Waals surface area contributed by atoms with Gasteiger partial charge in [-0.25, -0.2) is 3.63 Å². The second kappa shape index (κ2) is 13.2. The zero-order valence-electron chi connectivity index (χ0n) is 24.8. The second-order valence-electron chi connectivity index (χ2n) is 12.5. The van der Waals surface area contributed by atoms with Crippen LogP contribution >= 0.6 is 10.3 Å². The highest BCUT2D eigenvalue weighted by molar-refractivity contribution is 8.34. The number of hydrogen-bond acceptors (Lipinski definition) is 3. The largest absolute Gasteiger partial charge is 0.460 e. The predicted octanol–water partition coefficient (Wildman–Crippen LogP) is 11.0. The van der Waals surface area contributed by atoms with Gasteiger partial charge in [0.25, 0.3) is 0 Å². The molecule has 0 bridgehead atoms. The van der Waals surface area contributed by atoms with Crippen molar-refractivity contribution in [1.29, 1.82) is 0 Å². The Morgan fingerprint density at radius 2 is 0.625 bits per heavy atom. The molecule has 0 aromatic heterocycles. The third-order valence-corrected chi connectivity index (χ3v) is 16.5. The first-order chi connectivity index (χ1) is 21.5. The van der Waals surface area contributed by atoms with Gasteiger partial charge in [0.2, 0.25) is 0 Å². The van der Waals surface area contributed by atoms with Gasteiger partial charge in [-0.1, -0.05) is 57.8 Å². The Morgan fingerprint density at radius 3 is 0.896 bits per heavy atom. The summed E-state index contributed by atoms with van der Waals surface area (Å²) in [5, 5.41) is -10.3. The summed E-state index contributed by atoms with van der Waals surface area (Å²) in [6.07, 6.45) is -3.18. The van der Waals surface area contributed by atoms with Crippen LogP contribution in [0.1, 0.15) is 96.3 Å². The third kappa shape index (κ3) is 6.17. The van der Waals surface area contributed by atoms with Gasteiger partial charge in [0.05, 0.1) is 0 Å². The lowest BCUT2D eigenvalue weighted by Gasteiger charge is -2.57. The molecule has 3 nitrogen and oxygen atoms in total. The van der Waals surface area contributed by atoms with E-state index in [-0.39, 0.29) is 38.5 Å². The van der Waals surface area contributed by atoms with Crippen molar-refractivity contribution >= 4 is 20.4 Å². The maximum absolute atomic E-state index is 15.3. The minimum atomic E-state index is -8.86. The van der Waals surface area contributed by atoms with Crippen LogP contribution in [0.15, 0.2) is 0 Å². The average Bonchev–Trinajstić information content (AvgIpc) is 3.00. The quantitative estimate of drug-likeness (QED) is 0.185. The first-order valence-corrected chi connectivity index (χ1v) is 18.1. The van der Waals surface area contributed by atoms with Gasteiger partial charge >= 0.3 is 57.1 Å². The fraction of sp³-hybridized carbons (Fsp3) is 1.00. The summed E-state index contributed by atoms with van der Waals surface area (Å²) >= 11 is 0. The average molecular weight is 781 g/mol. The normalized spacial score (nSPS) is 22.6. The molecule has 0 unspecified atom stereocenters. The Hall–Kier alpha value is -0.930. The lowest BCUT2D eigenvalue weighted by molar-refractivity contribution is -0.458. The Labute approximate surface area is 266 Å². The van der Waals surface area contributed by atoms with Crippen LogP contribution in [0.5, 0.6) is 0 Å². The van der Waals surface area contributed by atoms with E-state index in [4.69, 9.17) is 3.63 Å². The molecular formula is C26H33F17O3S2. The minimum Gasteiger partial charge on any atom is -0.214 e. The van der Waals surface area contributed by atoms with Crippen molar-refractivity contribution in [2.75, 3.05) is 0 Å². The van der Waals surface area contributed by atoms with Crippen LogP contribution in [0.3, 0.4) is 0 Å². The zero-order valence-corrected chi connectivity index (χ0v) is 26.4. The Morgan fingerprint density at radius 1 is 0.375 bits per heavy atom. The molecule has 286 valence electrons. The van der Waals surface area contributed by atoms with Crippen LogP contribution in [0.25, 0.3) is 0 Å². The van der Waals surface area contributed by atoms with Crippen molar-refractivity contribution in [2.24, 2.45) is 0 Å². The standard InChI is InChI=1S/C26H33F17O3S2/c27-19(28,21(31,32)23(35,36)25(39,40)41)20(29,30)22(33,34)24(37,38)26(42,43)48(44,45)46-47(16-10-4-1-5-11-16,17-12-6-2-7-13-17)18-14-8-3-9-15-18/h16-18H,1-15H2. The first-order valence-electron chi connectivity index (χ1n) is 15.0. The summed E-state index contributed by atoms with van der Waals surface area (Å²) in [6.45, 7) is 0. The predicted molar refractivity (Wildman–Crippen MR) is 139 cm³/mol. The number of alkyl halides is 17. The molecule has 22 heteroatoms. The molecule has 0 aliphatic heterocycles. The van der Waals surface area contributed by atoms with Crippen LogP contribution in [0.4, 0.5) is 74.6 Å². The maximum atomic E-state index is 15.3. The number of hydrogen-bond donors (Lipinski definition) is 0. The van der Waals surface area contributed by atoms with Crippen molar-refractivity contribution in [1.82, 2.24) is 0 Å². The van der Waals surface area contributed by atoms with Gasteiger partial charge in [-0.2, -0.15) is 83.1 Å². The van der Waals surface area contributed by atoms with Crippen LogP contribution < -0.4 is 0 Å². The van der Waals surface area contributed by atoms with E-state index in [0.717, 1.165) is 0 Å². The topological polar surface area (TPSA) is 43.4 Å². The molecule has 0 atom stereocenters. The summed E-state index contributed by atoms with van der Waals surface area (Å²) in [5.41, 5.74) is 0. The Bertz CT molecular complexity index is 1170. The summed E-state index contributed by atoms with van der Waals surface area (Å²) in [5.74, 6) is -51.7. The van der Waals surface area contributed by atoms with E-state index < -0.39 is 83.1 Å². The monoisotopic (exact) mass is 780 g/mol. The molecule has 0 aromatic rings. The second-order valence-corrected chi connectivity index (χ2v) is 17.8. The molecular weight excluding hydrogens is 747 g/mol. The molecule has 0 amide bonds. The molecule has 0 N–H and O–H groups in total. The van der Waals surface area contributed by atoms with E-state index in [2.05, 4.69) is 0 Å². The van der Waals surface area contributed by atoms with Crippen molar-refractivity contribution in [2.45, 2.75) is 159 Å². The molecule has 0 heterocycles. The van der Waals surface area contributed by atoms with Crippen molar-refractivity contribution in [3.63, 3.8) is 0 Å². The van der Waals surface area contributed by atoms with Crippen molar-refractivity contribution in [3.05, 3.63) is 0 Å². The van der Waals surface area contributed by atoms with Crippen LogP contribution in [0, 0.1) is 0 Å². The van der Waals surface area contributed by atoms with E-state index in [1.54, 1.807) is 0 Å². The molecule has 3 aliphatic carbocycles. The maximum Gasteiger partial charge on any atom is 0.460 e. The van der Waals surface area contributed by atoms with Gasteiger partial charge in [-0.3, -0.25) is 0 Å². The highest BCUT2D eigenvalue weighted by Crippen LogP contribution is 2.72. The van der Waals surface area contributed by atoms with Crippen molar-refractivity contribution < 1.29 is 86.7 Å². The zero-order chi connectivity index (χ0) is 37.0. The van der Waals surface area contributed by atoms with E-state index >= 15 is 8.78 Å². The van der Waals surface area contributed by atoms with Gasteiger partial charge in [-0.15, -0.1) is 10.3 Å². The van der Waals surface area contributed by atoms with Gasteiger partial charge < -0.3 is 0 Å². The lowest BCUT2D eigenvalue weighted by atomic mass is 9.91. The van der Waals surface area contributed by atoms with Gasteiger partial charge in [0, 0.05) is 15.7 Å². The molecule has 3 aliphatic rings. The fourth-order valence-corrected chi connectivity index (χ4v) is 15.0. The summed E-state index contributed by atoms with van der Waals surface area (Å²) in [4.78, 5) is 0. The van der Waals surface area contributed by atoms with Crippen LogP contribution in [-0.4, -0.2) is 71.1 Å². The van der Waals surface area contributed by atoms with Crippen LogP contribution in [0.2, 0.25) is 0 Å². The molecule has 48 heavy (non-hydrogen) atoms. The number of halogens is 17. The fourth-order valence-electron chi connectivity index (χ4n) is 6.79. The van der Waals surface area contributed by atoms with E-state index in [1.165, 1.54) is 0 Å². The van der Waals surface area contributed by atoms with Gasteiger partial charge in [-0.05, 0) is 38.5 Å². The lowest BCUT2D eigenvalue weighted by Crippen LogP contribution is -2.75. The van der Waals surface area contributed by atoms with E-state index in [0.29, 0.717) is 57.8 Å². The summed E-state index contributed by atoms with van der Waals surface area (Å²) in [6, 6.07) is 0. The minimum absolute atomic E-state index is 0.114. The Kier molecular flexibility index (Phi) is 11.4. The molecule has 3 fully saturated rings. The van der Waals surface area contributed by atoms with E-state index in [1.807, 2.05) is 0 Å². The molecule has 0 saturated heterocycles. The molecule has 0 aromatic carbocycles. The third-order valence-electron chi connectivity index (χ3n) is 9.43. The Balaban J connectivity index is 2.17. The highest BCUT2D eigenvalue weighted by Gasteiger charge is 2.96. The molecule has 0 radical (unpaired) electrons. The van der Waals surface area contributed by atoms with Crippen LogP contribution in [-0.2, 0) is 13.7 Å². The highest BCUT2D eigenvalue weighted by atomic mass is 32.3. The van der Waals surface area contributed by atoms with Gasteiger partial charge in [0.1, 0.15) is 0 Å². The van der Waals surface area contributed by atoms with E-state index in [9.17, 15) is 74.3 Å². The van der Waals surface area contributed by atoms with Gasteiger partial charge in [0.15, 0.2) is 0 Å². The summed E-state index contributed by atoms with van der Waals surface area (Å²) < 4.78 is 268.